The van der Waals surface area contributed by atoms with E-state index in [1.165, 1.54) is 109 Å². The highest BCUT2D eigenvalue weighted by atomic mass is 31.2. The second-order valence-electron chi connectivity index (χ2n) is 13.9. The van der Waals surface area contributed by atoms with Crippen molar-refractivity contribution in [1.82, 2.24) is 0 Å². The summed E-state index contributed by atoms with van der Waals surface area (Å²) in [5.41, 5.74) is 5.36. The smallest absolute Gasteiger partial charge is 0.472 e. The van der Waals surface area contributed by atoms with E-state index in [0.29, 0.717) is 6.42 Å². The second-order valence-corrected chi connectivity index (χ2v) is 15.4. The summed E-state index contributed by atoms with van der Waals surface area (Å²) in [4.78, 5) is 22.3. The molecule has 2 atom stereocenters. The second kappa shape index (κ2) is 40.5. The molecule has 0 radical (unpaired) electrons. The van der Waals surface area contributed by atoms with Crippen LogP contribution in [0.5, 0.6) is 0 Å². The Morgan fingerprint density at radius 1 is 0.596 bits per heavy atom. The van der Waals surface area contributed by atoms with Crippen LogP contribution < -0.4 is 5.73 Å². The maximum absolute atomic E-state index is 12.4. The van der Waals surface area contributed by atoms with Gasteiger partial charge in [-0.2, -0.15) is 0 Å². The molecule has 0 saturated carbocycles. The Bertz CT molecular complexity index is 936. The van der Waals surface area contributed by atoms with Crippen LogP contribution in [0.1, 0.15) is 187 Å². The standard InChI is InChI=1S/C43H80NO7P/c1-3-5-7-9-11-13-15-17-19-21-22-24-26-28-30-32-34-36-43(45)49-40-42(41-51-52(46,47)50-39-37-44)48-38-35-33-31-29-27-25-23-20-18-16-14-12-10-8-6-4-2/h11,13,17,19,22,24,35,38,42H,3-10,12,14-16,18,20-21,23,25-34,36-37,39-41,44H2,1-2H3,(H,46,47)/t42-/m1/s1. The van der Waals surface area contributed by atoms with E-state index >= 15 is 0 Å². The van der Waals surface area contributed by atoms with Gasteiger partial charge in [0.1, 0.15) is 6.61 Å². The first-order valence-corrected chi connectivity index (χ1v) is 22.7. The molecule has 0 aliphatic carbocycles. The minimum atomic E-state index is -4.27. The predicted molar refractivity (Wildman–Crippen MR) is 219 cm³/mol. The summed E-state index contributed by atoms with van der Waals surface area (Å²) in [7, 11) is -4.27. The monoisotopic (exact) mass is 754 g/mol. The summed E-state index contributed by atoms with van der Waals surface area (Å²) in [5, 5.41) is 0. The number of esters is 1. The fourth-order valence-corrected chi connectivity index (χ4v) is 6.40. The zero-order valence-electron chi connectivity index (χ0n) is 33.5. The molecule has 0 aromatic heterocycles. The molecule has 0 aliphatic rings. The van der Waals surface area contributed by atoms with E-state index in [-0.39, 0.29) is 32.3 Å². The molecule has 0 saturated heterocycles. The SMILES string of the molecule is CCCCCC=CCC=CCC=CCCCCCCC(=O)OC[C@H](COP(=O)(O)OCCN)OC=CCCCCCCCCCCCCCCCC. The molecule has 0 bridgehead atoms. The third kappa shape index (κ3) is 39.5. The first kappa shape index (κ1) is 50.3. The van der Waals surface area contributed by atoms with Crippen molar-refractivity contribution in [2.45, 2.75) is 193 Å². The van der Waals surface area contributed by atoms with Crippen LogP contribution in [0.15, 0.2) is 48.8 Å². The first-order chi connectivity index (χ1) is 25.4. The Hall–Kier alpha value is -1.70. The number of hydrogen-bond acceptors (Lipinski definition) is 7. The van der Waals surface area contributed by atoms with E-state index < -0.39 is 13.9 Å². The molecule has 3 N–H and O–H groups in total. The van der Waals surface area contributed by atoms with Crippen molar-refractivity contribution in [2.75, 3.05) is 26.4 Å². The fourth-order valence-electron chi connectivity index (χ4n) is 5.63. The average molecular weight is 754 g/mol. The number of carbonyl (C=O) groups excluding carboxylic acids is 1. The van der Waals surface area contributed by atoms with Crippen molar-refractivity contribution in [3.8, 4) is 0 Å². The van der Waals surface area contributed by atoms with Crippen molar-refractivity contribution in [1.29, 1.82) is 0 Å². The number of phosphoric ester groups is 1. The van der Waals surface area contributed by atoms with Crippen molar-refractivity contribution in [3.63, 3.8) is 0 Å². The molecule has 0 rings (SSSR count). The van der Waals surface area contributed by atoms with E-state index in [1.54, 1.807) is 6.26 Å². The molecule has 8 nitrogen and oxygen atoms in total. The number of rotatable bonds is 40. The van der Waals surface area contributed by atoms with Crippen LogP contribution in [0.3, 0.4) is 0 Å². The van der Waals surface area contributed by atoms with Gasteiger partial charge in [-0.05, 0) is 63.9 Å². The summed E-state index contributed by atoms with van der Waals surface area (Å²) in [6.45, 7) is 4.17. The summed E-state index contributed by atoms with van der Waals surface area (Å²) >= 11 is 0. The van der Waals surface area contributed by atoms with Gasteiger partial charge in [0.25, 0.3) is 0 Å². The van der Waals surface area contributed by atoms with Crippen molar-refractivity contribution in [2.24, 2.45) is 5.73 Å². The molecule has 0 spiro atoms. The lowest BCUT2D eigenvalue weighted by molar-refractivity contribution is -0.147. The number of hydrogen-bond donors (Lipinski definition) is 2. The Labute approximate surface area is 320 Å². The fraction of sp³-hybridized carbons (Fsp3) is 0.791. The quantitative estimate of drug-likeness (QED) is 0.0209. The van der Waals surface area contributed by atoms with Crippen LogP contribution in [0.25, 0.3) is 0 Å². The van der Waals surface area contributed by atoms with Gasteiger partial charge in [-0.1, -0.05) is 159 Å². The summed E-state index contributed by atoms with van der Waals surface area (Å²) in [5.74, 6) is -0.311. The maximum Gasteiger partial charge on any atom is 0.472 e. The molecule has 0 aromatic carbocycles. The highest BCUT2D eigenvalue weighted by Crippen LogP contribution is 2.43. The summed E-state index contributed by atoms with van der Waals surface area (Å²) in [6, 6.07) is 0. The number of nitrogens with two attached hydrogens (primary N) is 1. The number of unbranched alkanes of at least 4 members (excludes halogenated alkanes) is 21. The topological polar surface area (TPSA) is 117 Å². The number of allylic oxidation sites excluding steroid dienone is 7. The molecule has 304 valence electrons. The minimum Gasteiger partial charge on any atom is -0.492 e. The highest BCUT2D eigenvalue weighted by Gasteiger charge is 2.24. The van der Waals surface area contributed by atoms with Gasteiger partial charge in [0, 0.05) is 13.0 Å². The van der Waals surface area contributed by atoms with Crippen molar-refractivity contribution < 1.29 is 32.8 Å². The minimum absolute atomic E-state index is 0.0760. The van der Waals surface area contributed by atoms with Gasteiger partial charge >= 0.3 is 13.8 Å². The molecule has 9 heteroatoms. The molecule has 0 fully saturated rings. The van der Waals surface area contributed by atoms with Gasteiger partial charge in [-0.25, -0.2) is 4.57 Å². The highest BCUT2D eigenvalue weighted by molar-refractivity contribution is 7.47. The van der Waals surface area contributed by atoms with Crippen LogP contribution in [0.2, 0.25) is 0 Å². The van der Waals surface area contributed by atoms with Crippen LogP contribution in [0, 0.1) is 0 Å². The van der Waals surface area contributed by atoms with E-state index in [0.717, 1.165) is 57.8 Å². The van der Waals surface area contributed by atoms with Crippen LogP contribution in [-0.4, -0.2) is 43.3 Å². The number of phosphoric acid groups is 1. The lowest BCUT2D eigenvalue weighted by Gasteiger charge is -2.19. The van der Waals surface area contributed by atoms with Gasteiger partial charge in [0.2, 0.25) is 0 Å². The number of carbonyl (C=O) groups is 1. The Morgan fingerprint density at radius 3 is 1.58 bits per heavy atom. The largest absolute Gasteiger partial charge is 0.492 e. The van der Waals surface area contributed by atoms with Gasteiger partial charge in [0.05, 0.1) is 19.5 Å². The average Bonchev–Trinajstić information content (AvgIpc) is 3.14. The van der Waals surface area contributed by atoms with Crippen molar-refractivity contribution >= 4 is 13.8 Å². The maximum atomic E-state index is 12.4. The summed E-state index contributed by atoms with van der Waals surface area (Å²) in [6.07, 6.45) is 47.9. The third-order valence-electron chi connectivity index (χ3n) is 8.84. The molecule has 0 aromatic rings. The molecular formula is C43H80NO7P. The molecule has 1 unspecified atom stereocenters. The van der Waals surface area contributed by atoms with E-state index in [2.05, 4.69) is 50.3 Å². The van der Waals surface area contributed by atoms with E-state index in [9.17, 15) is 14.3 Å². The van der Waals surface area contributed by atoms with Gasteiger partial charge < -0.3 is 20.1 Å². The Balaban J connectivity index is 4.13. The van der Waals surface area contributed by atoms with Gasteiger partial charge in [-0.3, -0.25) is 13.8 Å². The van der Waals surface area contributed by atoms with E-state index in [4.69, 9.17) is 24.3 Å². The van der Waals surface area contributed by atoms with Crippen LogP contribution in [0.4, 0.5) is 0 Å². The van der Waals surface area contributed by atoms with Crippen LogP contribution >= 0.6 is 7.82 Å². The molecule has 0 aliphatic heterocycles. The lowest BCUT2D eigenvalue weighted by Crippen LogP contribution is -2.25. The van der Waals surface area contributed by atoms with E-state index in [1.807, 2.05) is 6.08 Å². The molecule has 52 heavy (non-hydrogen) atoms. The Morgan fingerprint density at radius 2 is 1.04 bits per heavy atom. The Kier molecular flexibility index (Phi) is 39.2. The molecule has 0 amide bonds. The lowest BCUT2D eigenvalue weighted by atomic mass is 10.0. The predicted octanol–water partition coefficient (Wildman–Crippen LogP) is 12.8. The number of ether oxygens (including phenoxy) is 2. The van der Waals surface area contributed by atoms with Gasteiger partial charge in [0.15, 0.2) is 6.10 Å². The van der Waals surface area contributed by atoms with Gasteiger partial charge in [-0.15, -0.1) is 0 Å². The first-order valence-electron chi connectivity index (χ1n) is 21.2. The van der Waals surface area contributed by atoms with Crippen LogP contribution in [-0.2, 0) is 27.9 Å². The third-order valence-corrected chi connectivity index (χ3v) is 9.82. The summed E-state index contributed by atoms with van der Waals surface area (Å²) < 4.78 is 33.2. The normalized spacial score (nSPS) is 13.9. The zero-order valence-corrected chi connectivity index (χ0v) is 34.4. The van der Waals surface area contributed by atoms with Crippen molar-refractivity contribution in [3.05, 3.63) is 48.8 Å². The molecular weight excluding hydrogens is 673 g/mol. The molecule has 0 heterocycles. The zero-order chi connectivity index (χ0) is 38.1.